The van der Waals surface area contributed by atoms with Crippen LogP contribution < -0.4 is 10.2 Å². The zero-order valence-corrected chi connectivity index (χ0v) is 24.8. The maximum absolute atomic E-state index is 14.3. The lowest BCUT2D eigenvalue weighted by atomic mass is 10.0. The van der Waals surface area contributed by atoms with Crippen molar-refractivity contribution >= 4 is 46.0 Å². The predicted molar refractivity (Wildman–Crippen MR) is 161 cm³/mol. The van der Waals surface area contributed by atoms with Crippen molar-refractivity contribution in [2.75, 3.05) is 37.6 Å². The molecule has 1 N–H and O–H groups in total. The van der Waals surface area contributed by atoms with Crippen molar-refractivity contribution in [3.05, 3.63) is 70.5 Å². The molecule has 3 aromatic rings. The van der Waals surface area contributed by atoms with Crippen LogP contribution in [-0.4, -0.2) is 81.9 Å². The molecule has 1 unspecified atom stereocenters. The van der Waals surface area contributed by atoms with Crippen LogP contribution in [0.4, 0.5) is 5.82 Å². The summed E-state index contributed by atoms with van der Waals surface area (Å²) in [5.74, 6) is 0.359. The fraction of sp³-hybridized carbons (Fsp3) is 0.387. The van der Waals surface area contributed by atoms with Gasteiger partial charge >= 0.3 is 0 Å². The van der Waals surface area contributed by atoms with E-state index in [9.17, 15) is 14.4 Å². The molecule has 1 aromatic carbocycles. The number of anilines is 1. The van der Waals surface area contributed by atoms with Gasteiger partial charge in [0.15, 0.2) is 0 Å². The lowest BCUT2D eigenvalue weighted by Gasteiger charge is -2.40. The number of rotatable bonds is 7. The molecule has 0 spiro atoms. The number of likely N-dealkylation sites (tertiary alicyclic amines) is 1. The number of hydrogen-bond donors (Lipinski definition) is 1. The van der Waals surface area contributed by atoms with Crippen LogP contribution in [0, 0.1) is 18.3 Å². The highest BCUT2D eigenvalue weighted by molar-refractivity contribution is 6.31. The van der Waals surface area contributed by atoms with Crippen molar-refractivity contribution in [1.29, 1.82) is 5.26 Å². The number of nitrogens with one attached hydrogen (secondary N) is 1. The number of benzene rings is 1. The first-order chi connectivity index (χ1) is 20.1. The van der Waals surface area contributed by atoms with Gasteiger partial charge < -0.3 is 24.6 Å². The second-order valence-electron chi connectivity index (χ2n) is 10.9. The molecule has 4 heterocycles. The summed E-state index contributed by atoms with van der Waals surface area (Å²) in [6, 6.07) is 9.12. The van der Waals surface area contributed by atoms with E-state index in [2.05, 4.69) is 27.8 Å². The van der Waals surface area contributed by atoms with Crippen LogP contribution in [0.5, 0.6) is 0 Å². The average Bonchev–Trinajstić information content (AvgIpc) is 3.26. The van der Waals surface area contributed by atoms with E-state index in [0.717, 1.165) is 28.0 Å². The highest BCUT2D eigenvalue weighted by Gasteiger charge is 2.34. The number of piperazine rings is 1. The normalized spacial score (nSPS) is 17.1. The Hall–Kier alpha value is -4.36. The maximum Gasteiger partial charge on any atom is 0.256 e. The molecule has 2 aliphatic heterocycles. The van der Waals surface area contributed by atoms with E-state index < -0.39 is 0 Å². The minimum atomic E-state index is -0.178. The van der Waals surface area contributed by atoms with Gasteiger partial charge in [-0.15, -0.1) is 0 Å². The molecule has 0 saturated carbocycles. The molecule has 0 bridgehead atoms. The van der Waals surface area contributed by atoms with Gasteiger partial charge in [-0.1, -0.05) is 25.1 Å². The fourth-order valence-corrected chi connectivity index (χ4v) is 6.31. The van der Waals surface area contributed by atoms with E-state index in [1.807, 2.05) is 48.4 Å². The standard InChI is InChI=1S/C31H34ClN7O3/c1-5-25-29(31(42)38-10-9-36(15-20(38)4)26-8-7-21(13-33)14-34-26)24-12-22(32)11-19(3)30(24)39(25)18-27(40)35-23-16-37(17-23)28(41)6-2/h6-8,11-12,14,20,23H,2,5,9-10,15-18H2,1,3-4H3,(H,35,40). The monoisotopic (exact) mass is 587 g/mol. The average molecular weight is 588 g/mol. The minimum absolute atomic E-state index is 0.0506. The number of halogens is 1. The highest BCUT2D eigenvalue weighted by atomic mass is 35.5. The Morgan fingerprint density at radius 2 is 1.98 bits per heavy atom. The molecule has 5 rings (SSSR count). The Kier molecular flexibility index (Phi) is 8.23. The van der Waals surface area contributed by atoms with Gasteiger partial charge in [-0.3, -0.25) is 14.4 Å². The molecule has 3 amide bonds. The third-order valence-electron chi connectivity index (χ3n) is 8.09. The van der Waals surface area contributed by atoms with Gasteiger partial charge in [-0.05, 0) is 56.2 Å². The largest absolute Gasteiger partial charge is 0.353 e. The molecule has 42 heavy (non-hydrogen) atoms. The number of aromatic nitrogens is 2. The van der Waals surface area contributed by atoms with E-state index >= 15 is 0 Å². The van der Waals surface area contributed by atoms with Gasteiger partial charge in [0.1, 0.15) is 18.4 Å². The van der Waals surface area contributed by atoms with E-state index in [1.54, 1.807) is 17.2 Å². The second-order valence-corrected chi connectivity index (χ2v) is 11.3. The first-order valence-corrected chi connectivity index (χ1v) is 14.5. The summed E-state index contributed by atoms with van der Waals surface area (Å²) in [6.45, 7) is 12.1. The molecule has 2 aliphatic rings. The summed E-state index contributed by atoms with van der Waals surface area (Å²) >= 11 is 6.49. The summed E-state index contributed by atoms with van der Waals surface area (Å²) in [5.41, 5.74) is 3.57. The number of aryl methyl sites for hydroxylation is 1. The highest BCUT2D eigenvalue weighted by Crippen LogP contribution is 2.34. The Morgan fingerprint density at radius 3 is 2.60 bits per heavy atom. The van der Waals surface area contributed by atoms with E-state index in [-0.39, 0.29) is 36.3 Å². The number of carbonyl (C=O) groups is 3. The van der Waals surface area contributed by atoms with Crippen molar-refractivity contribution in [2.45, 2.75) is 45.8 Å². The Labute approximate surface area is 250 Å². The SMILES string of the molecule is C=CC(=O)N1CC(NC(=O)Cn2c(CC)c(C(=O)N3CCN(c4ccc(C#N)cn4)CC3C)c3cc(Cl)cc(C)c32)C1. The number of nitrogens with zero attached hydrogens (tertiary/aromatic N) is 6. The van der Waals surface area contributed by atoms with Crippen molar-refractivity contribution in [2.24, 2.45) is 0 Å². The number of nitriles is 1. The number of carbonyl (C=O) groups excluding carboxylic acids is 3. The summed E-state index contributed by atoms with van der Waals surface area (Å²) in [6.07, 6.45) is 3.38. The summed E-state index contributed by atoms with van der Waals surface area (Å²) in [5, 5.41) is 13.4. The van der Waals surface area contributed by atoms with Crippen LogP contribution in [0.1, 0.15) is 41.0 Å². The molecule has 2 fully saturated rings. The van der Waals surface area contributed by atoms with Gasteiger partial charge in [-0.2, -0.15) is 5.26 Å². The zero-order chi connectivity index (χ0) is 30.1. The van der Waals surface area contributed by atoms with Crippen LogP contribution in [-0.2, 0) is 22.6 Å². The van der Waals surface area contributed by atoms with E-state index in [0.29, 0.717) is 55.3 Å². The number of hydrogen-bond acceptors (Lipinski definition) is 6. The molecular formula is C31H34ClN7O3. The van der Waals surface area contributed by atoms with Gasteiger partial charge in [0, 0.05) is 61.1 Å². The molecule has 10 nitrogen and oxygen atoms in total. The first-order valence-electron chi connectivity index (χ1n) is 14.1. The van der Waals surface area contributed by atoms with E-state index in [4.69, 9.17) is 16.9 Å². The third kappa shape index (κ3) is 5.44. The van der Waals surface area contributed by atoms with Crippen molar-refractivity contribution < 1.29 is 14.4 Å². The van der Waals surface area contributed by atoms with Crippen molar-refractivity contribution in [3.8, 4) is 6.07 Å². The molecule has 11 heteroatoms. The second kappa shape index (κ2) is 11.9. The number of amides is 3. The number of pyridine rings is 1. The molecule has 2 saturated heterocycles. The lowest BCUT2D eigenvalue weighted by Crippen LogP contribution is -2.61. The van der Waals surface area contributed by atoms with Crippen LogP contribution in [0.3, 0.4) is 0 Å². The molecule has 0 aliphatic carbocycles. The third-order valence-corrected chi connectivity index (χ3v) is 8.31. The molecule has 218 valence electrons. The van der Waals surface area contributed by atoms with Crippen LogP contribution in [0.15, 0.2) is 43.1 Å². The fourth-order valence-electron chi connectivity index (χ4n) is 6.04. The van der Waals surface area contributed by atoms with Crippen molar-refractivity contribution in [3.63, 3.8) is 0 Å². The topological polar surface area (TPSA) is 115 Å². The zero-order valence-electron chi connectivity index (χ0n) is 24.1. The lowest BCUT2D eigenvalue weighted by molar-refractivity contribution is -0.133. The van der Waals surface area contributed by atoms with Crippen LogP contribution in [0.2, 0.25) is 5.02 Å². The van der Waals surface area contributed by atoms with Gasteiger partial charge in [0.2, 0.25) is 11.8 Å². The van der Waals surface area contributed by atoms with Gasteiger partial charge in [0.05, 0.1) is 22.7 Å². The molecule has 1 atom stereocenters. The minimum Gasteiger partial charge on any atom is -0.353 e. The smallest absolute Gasteiger partial charge is 0.256 e. The molecule has 2 aromatic heterocycles. The number of fused-ring (bicyclic) bond motifs is 1. The van der Waals surface area contributed by atoms with Crippen molar-refractivity contribution in [1.82, 2.24) is 24.7 Å². The van der Waals surface area contributed by atoms with Gasteiger partial charge in [-0.25, -0.2) is 4.98 Å². The maximum atomic E-state index is 14.3. The van der Waals surface area contributed by atoms with Crippen LogP contribution >= 0.6 is 11.6 Å². The van der Waals surface area contributed by atoms with Crippen LogP contribution in [0.25, 0.3) is 10.9 Å². The Balaban J connectivity index is 1.40. The quantitative estimate of drug-likeness (QED) is 0.424. The first kappa shape index (κ1) is 29.1. The Morgan fingerprint density at radius 1 is 1.21 bits per heavy atom. The summed E-state index contributed by atoms with van der Waals surface area (Å²) in [7, 11) is 0. The predicted octanol–water partition coefficient (Wildman–Crippen LogP) is 3.30. The summed E-state index contributed by atoms with van der Waals surface area (Å²) < 4.78 is 1.94. The molecular weight excluding hydrogens is 554 g/mol. The van der Waals surface area contributed by atoms with Gasteiger partial charge in [0.25, 0.3) is 5.91 Å². The summed E-state index contributed by atoms with van der Waals surface area (Å²) in [4.78, 5) is 49.3. The van der Waals surface area contributed by atoms with E-state index in [1.165, 1.54) is 6.08 Å². The Bertz CT molecular complexity index is 1600. The molecule has 0 radical (unpaired) electrons.